The number of halogens is 1. The van der Waals surface area contributed by atoms with Crippen LogP contribution in [-0.2, 0) is 11.3 Å². The molecule has 18 heavy (non-hydrogen) atoms. The van der Waals surface area contributed by atoms with E-state index in [4.69, 9.17) is 17.3 Å². The number of nitrogens with zero attached hydrogens (tertiary/aromatic N) is 3. The Labute approximate surface area is 112 Å². The van der Waals surface area contributed by atoms with E-state index in [9.17, 15) is 4.79 Å². The summed E-state index contributed by atoms with van der Waals surface area (Å²) in [5.41, 5.74) is 5.94. The monoisotopic (exact) mass is 270 g/mol. The minimum Gasteiger partial charge on any atom is -0.341 e. The lowest BCUT2D eigenvalue weighted by Gasteiger charge is -2.22. The third-order valence-electron chi connectivity index (χ3n) is 3.22. The molecule has 6 heteroatoms. The quantitative estimate of drug-likeness (QED) is 0.900. The van der Waals surface area contributed by atoms with Crippen LogP contribution in [0.1, 0.15) is 25.7 Å². The van der Waals surface area contributed by atoms with Gasteiger partial charge >= 0.3 is 0 Å². The van der Waals surface area contributed by atoms with Crippen molar-refractivity contribution in [3.63, 3.8) is 0 Å². The van der Waals surface area contributed by atoms with Gasteiger partial charge in [0.25, 0.3) is 0 Å². The number of hydrogen-bond acceptors (Lipinski definition) is 3. The third-order valence-corrected chi connectivity index (χ3v) is 3.41. The molecule has 5 nitrogen and oxygen atoms in total. The predicted molar refractivity (Wildman–Crippen MR) is 70.3 cm³/mol. The maximum absolute atomic E-state index is 12.1. The molecule has 0 aromatic carbocycles. The Morgan fingerprint density at radius 2 is 2.39 bits per heavy atom. The molecule has 1 fully saturated rings. The lowest BCUT2D eigenvalue weighted by Crippen LogP contribution is -2.40. The van der Waals surface area contributed by atoms with Gasteiger partial charge in [0.2, 0.25) is 5.91 Å². The minimum atomic E-state index is 0.121. The van der Waals surface area contributed by atoms with Crippen molar-refractivity contribution in [1.29, 1.82) is 0 Å². The maximum Gasteiger partial charge on any atom is 0.224 e. The zero-order chi connectivity index (χ0) is 13.0. The number of nitrogens with two attached hydrogens (primary N) is 1. The SMILES string of the molecule is N[C@@H]1CCCCN(C(=O)CCn2cc(Cl)cn2)C1. The Bertz CT molecular complexity index is 407. The standard InChI is InChI=1S/C12H19ClN4O/c13-10-7-15-17(8-10)6-4-12(18)16-5-2-1-3-11(14)9-16/h7-8,11H,1-6,9,14H2/t11-/m1/s1. The van der Waals surface area contributed by atoms with Crippen LogP contribution in [0, 0.1) is 0 Å². The van der Waals surface area contributed by atoms with Crippen molar-refractivity contribution in [2.24, 2.45) is 5.73 Å². The minimum absolute atomic E-state index is 0.121. The topological polar surface area (TPSA) is 64.2 Å². The zero-order valence-corrected chi connectivity index (χ0v) is 11.1. The van der Waals surface area contributed by atoms with Gasteiger partial charge in [0.1, 0.15) is 0 Å². The van der Waals surface area contributed by atoms with E-state index in [1.807, 2.05) is 4.90 Å². The Hall–Kier alpha value is -1.07. The van der Waals surface area contributed by atoms with E-state index >= 15 is 0 Å². The van der Waals surface area contributed by atoms with Gasteiger partial charge in [-0.05, 0) is 12.8 Å². The van der Waals surface area contributed by atoms with Crippen LogP contribution in [0.2, 0.25) is 5.02 Å². The van der Waals surface area contributed by atoms with Gasteiger partial charge in [-0.2, -0.15) is 5.10 Å². The summed E-state index contributed by atoms with van der Waals surface area (Å²) in [7, 11) is 0. The van der Waals surface area contributed by atoms with Gasteiger partial charge in [0, 0.05) is 38.3 Å². The molecule has 2 heterocycles. The highest BCUT2D eigenvalue weighted by atomic mass is 35.5. The van der Waals surface area contributed by atoms with E-state index in [1.54, 1.807) is 17.1 Å². The lowest BCUT2D eigenvalue weighted by molar-refractivity contribution is -0.131. The molecule has 1 atom stereocenters. The Balaban J connectivity index is 1.83. The van der Waals surface area contributed by atoms with Crippen LogP contribution in [0.5, 0.6) is 0 Å². The first-order chi connectivity index (χ1) is 8.65. The molecule has 1 aliphatic rings. The van der Waals surface area contributed by atoms with Crippen LogP contribution < -0.4 is 5.73 Å². The molecule has 1 aromatic heterocycles. The number of aryl methyl sites for hydroxylation is 1. The molecule has 1 saturated heterocycles. The van der Waals surface area contributed by atoms with Crippen molar-refractivity contribution in [2.45, 2.75) is 38.3 Å². The van der Waals surface area contributed by atoms with Crippen molar-refractivity contribution >= 4 is 17.5 Å². The molecule has 2 rings (SSSR count). The summed E-state index contributed by atoms with van der Waals surface area (Å²) in [6.07, 6.45) is 6.92. The summed E-state index contributed by atoms with van der Waals surface area (Å²) in [5.74, 6) is 0.152. The predicted octanol–water partition coefficient (Wildman–Crippen LogP) is 1.27. The van der Waals surface area contributed by atoms with Crippen molar-refractivity contribution in [1.82, 2.24) is 14.7 Å². The largest absolute Gasteiger partial charge is 0.341 e. The molecule has 0 aliphatic carbocycles. The Morgan fingerprint density at radius 3 is 3.11 bits per heavy atom. The summed E-state index contributed by atoms with van der Waals surface area (Å²) in [6.45, 7) is 2.07. The van der Waals surface area contributed by atoms with Crippen LogP contribution >= 0.6 is 11.6 Å². The summed E-state index contributed by atoms with van der Waals surface area (Å²) in [5, 5.41) is 4.65. The molecule has 0 spiro atoms. The van der Waals surface area contributed by atoms with Gasteiger partial charge in [-0.3, -0.25) is 9.48 Å². The Morgan fingerprint density at radius 1 is 1.56 bits per heavy atom. The summed E-state index contributed by atoms with van der Waals surface area (Å²) < 4.78 is 1.69. The normalized spacial score (nSPS) is 20.8. The fourth-order valence-electron chi connectivity index (χ4n) is 2.23. The first-order valence-electron chi connectivity index (χ1n) is 6.36. The lowest BCUT2D eigenvalue weighted by atomic mass is 10.2. The molecular weight excluding hydrogens is 252 g/mol. The summed E-state index contributed by atoms with van der Waals surface area (Å²) in [4.78, 5) is 14.0. The van der Waals surface area contributed by atoms with Crippen molar-refractivity contribution in [3.05, 3.63) is 17.4 Å². The number of aromatic nitrogens is 2. The second-order valence-corrected chi connectivity index (χ2v) is 5.20. The Kier molecular flexibility index (Phi) is 4.60. The van der Waals surface area contributed by atoms with Gasteiger partial charge in [-0.25, -0.2) is 0 Å². The van der Waals surface area contributed by atoms with E-state index in [0.717, 1.165) is 25.8 Å². The van der Waals surface area contributed by atoms with Crippen LogP contribution in [0.25, 0.3) is 0 Å². The molecular formula is C12H19ClN4O. The summed E-state index contributed by atoms with van der Waals surface area (Å²) >= 11 is 5.77. The number of hydrogen-bond donors (Lipinski definition) is 1. The van der Waals surface area contributed by atoms with Crippen molar-refractivity contribution < 1.29 is 4.79 Å². The molecule has 0 saturated carbocycles. The van der Waals surface area contributed by atoms with E-state index < -0.39 is 0 Å². The van der Waals surface area contributed by atoms with Crippen LogP contribution in [0.3, 0.4) is 0 Å². The van der Waals surface area contributed by atoms with Crippen molar-refractivity contribution in [2.75, 3.05) is 13.1 Å². The average Bonchev–Trinajstić information content (AvgIpc) is 2.63. The third kappa shape index (κ3) is 3.71. The molecule has 0 bridgehead atoms. The first kappa shape index (κ1) is 13.4. The smallest absolute Gasteiger partial charge is 0.224 e. The average molecular weight is 271 g/mol. The van der Waals surface area contributed by atoms with Crippen LogP contribution in [0.15, 0.2) is 12.4 Å². The summed E-state index contributed by atoms with van der Waals surface area (Å²) in [6, 6.07) is 0.121. The number of rotatable bonds is 3. The molecule has 0 radical (unpaired) electrons. The van der Waals surface area contributed by atoms with E-state index in [1.165, 1.54) is 0 Å². The first-order valence-corrected chi connectivity index (χ1v) is 6.74. The van der Waals surface area contributed by atoms with Crippen LogP contribution in [-0.4, -0.2) is 39.7 Å². The molecule has 100 valence electrons. The van der Waals surface area contributed by atoms with E-state index in [0.29, 0.717) is 24.5 Å². The highest BCUT2D eigenvalue weighted by Gasteiger charge is 2.19. The molecule has 1 aromatic rings. The van der Waals surface area contributed by atoms with Crippen molar-refractivity contribution in [3.8, 4) is 0 Å². The number of carbonyl (C=O) groups excluding carboxylic acids is 1. The highest BCUT2D eigenvalue weighted by molar-refractivity contribution is 6.30. The molecule has 1 amide bonds. The highest BCUT2D eigenvalue weighted by Crippen LogP contribution is 2.11. The van der Waals surface area contributed by atoms with Gasteiger partial charge < -0.3 is 10.6 Å². The second kappa shape index (κ2) is 6.20. The number of amides is 1. The fourth-order valence-corrected chi connectivity index (χ4v) is 2.39. The van der Waals surface area contributed by atoms with Gasteiger partial charge in [0.05, 0.1) is 11.2 Å². The van der Waals surface area contributed by atoms with E-state index in [2.05, 4.69) is 5.10 Å². The van der Waals surface area contributed by atoms with Gasteiger partial charge in [0.15, 0.2) is 0 Å². The van der Waals surface area contributed by atoms with Gasteiger partial charge in [-0.1, -0.05) is 18.0 Å². The van der Waals surface area contributed by atoms with E-state index in [-0.39, 0.29) is 11.9 Å². The zero-order valence-electron chi connectivity index (χ0n) is 10.4. The fraction of sp³-hybridized carbons (Fsp3) is 0.667. The van der Waals surface area contributed by atoms with Crippen LogP contribution in [0.4, 0.5) is 0 Å². The number of carbonyl (C=O) groups is 1. The molecule has 1 aliphatic heterocycles. The molecule has 2 N–H and O–H groups in total. The molecule has 0 unspecified atom stereocenters. The maximum atomic E-state index is 12.1. The number of likely N-dealkylation sites (tertiary alicyclic amines) is 1. The van der Waals surface area contributed by atoms with Gasteiger partial charge in [-0.15, -0.1) is 0 Å². The second-order valence-electron chi connectivity index (χ2n) is 4.77.